The highest BCUT2D eigenvalue weighted by atomic mass is 35.5. The Hall–Kier alpha value is -1.79. The molecule has 1 fully saturated rings. The van der Waals surface area contributed by atoms with Crippen molar-refractivity contribution in [3.05, 3.63) is 28.8 Å². The monoisotopic (exact) mass is 353 g/mol. The van der Waals surface area contributed by atoms with E-state index in [-0.39, 0.29) is 23.1 Å². The Morgan fingerprint density at radius 3 is 2.38 bits per heavy atom. The van der Waals surface area contributed by atoms with Gasteiger partial charge in [0.15, 0.2) is 0 Å². The number of aromatic hydroxyl groups is 1. The van der Waals surface area contributed by atoms with Crippen LogP contribution in [0.3, 0.4) is 0 Å². The van der Waals surface area contributed by atoms with E-state index in [0.29, 0.717) is 50.8 Å². The molecule has 24 heavy (non-hydrogen) atoms. The molecule has 1 N–H and O–H groups in total. The number of likely N-dealkylation sites (N-methyl/N-ethyl adjacent to an activating group) is 1. The molecule has 0 bridgehead atoms. The second-order valence-corrected chi connectivity index (χ2v) is 6.23. The second kappa shape index (κ2) is 8.35. The Kier molecular flexibility index (Phi) is 6.45. The summed E-state index contributed by atoms with van der Waals surface area (Å²) in [6.07, 6.45) is 0. The average molecular weight is 354 g/mol. The molecule has 0 saturated carbocycles. The number of hydrogen-bond acceptors (Lipinski definition) is 4. The van der Waals surface area contributed by atoms with Gasteiger partial charge in [-0.25, -0.2) is 0 Å². The molecule has 0 spiro atoms. The standard InChI is InChI=1S/C17H24ClN3O3/c1-3-20(4-2)16(23)12-19-7-9-21(10-8-19)17(24)14-11-13(18)5-6-15(14)22/h5-6,11,22H,3-4,7-10,12H2,1-2H3. The van der Waals surface area contributed by atoms with Gasteiger partial charge in [0.1, 0.15) is 5.75 Å². The molecule has 1 aliphatic rings. The minimum Gasteiger partial charge on any atom is -0.507 e. The molecule has 0 aliphatic carbocycles. The Bertz CT molecular complexity index is 597. The number of nitrogens with zero attached hydrogens (tertiary/aromatic N) is 3. The SMILES string of the molecule is CCN(CC)C(=O)CN1CCN(C(=O)c2cc(Cl)ccc2O)CC1. The van der Waals surface area contributed by atoms with E-state index in [1.165, 1.54) is 12.1 Å². The summed E-state index contributed by atoms with van der Waals surface area (Å²) in [6, 6.07) is 4.45. The number of phenols is 1. The number of carbonyl (C=O) groups excluding carboxylic acids is 2. The quantitative estimate of drug-likeness (QED) is 0.874. The Morgan fingerprint density at radius 1 is 1.17 bits per heavy atom. The molecule has 1 heterocycles. The topological polar surface area (TPSA) is 64.1 Å². The van der Waals surface area contributed by atoms with Crippen LogP contribution in [0.15, 0.2) is 18.2 Å². The maximum Gasteiger partial charge on any atom is 0.257 e. The summed E-state index contributed by atoms with van der Waals surface area (Å²) in [4.78, 5) is 30.2. The van der Waals surface area contributed by atoms with E-state index in [1.807, 2.05) is 18.7 Å². The van der Waals surface area contributed by atoms with Crippen molar-refractivity contribution < 1.29 is 14.7 Å². The molecule has 6 nitrogen and oxygen atoms in total. The van der Waals surface area contributed by atoms with Gasteiger partial charge in [0.2, 0.25) is 5.91 Å². The molecule has 2 amide bonds. The highest BCUT2D eigenvalue weighted by Gasteiger charge is 2.25. The first kappa shape index (κ1) is 18.5. The molecular weight excluding hydrogens is 330 g/mol. The number of hydrogen-bond donors (Lipinski definition) is 1. The molecule has 0 atom stereocenters. The van der Waals surface area contributed by atoms with Gasteiger partial charge in [0, 0.05) is 44.3 Å². The number of benzene rings is 1. The Morgan fingerprint density at radius 2 is 1.79 bits per heavy atom. The van der Waals surface area contributed by atoms with Gasteiger partial charge >= 0.3 is 0 Å². The predicted molar refractivity (Wildman–Crippen MR) is 93.4 cm³/mol. The fourth-order valence-corrected chi connectivity index (χ4v) is 3.00. The average Bonchev–Trinajstić information content (AvgIpc) is 2.58. The first-order chi connectivity index (χ1) is 11.5. The van der Waals surface area contributed by atoms with Gasteiger partial charge in [0.25, 0.3) is 5.91 Å². The van der Waals surface area contributed by atoms with Crippen LogP contribution in [-0.4, -0.2) is 77.4 Å². The van der Waals surface area contributed by atoms with E-state index in [9.17, 15) is 14.7 Å². The number of piperazine rings is 1. The largest absolute Gasteiger partial charge is 0.507 e. The van der Waals surface area contributed by atoms with Gasteiger partial charge in [-0.15, -0.1) is 0 Å². The van der Waals surface area contributed by atoms with E-state index in [1.54, 1.807) is 11.0 Å². The molecule has 132 valence electrons. The van der Waals surface area contributed by atoms with Crippen molar-refractivity contribution in [3.8, 4) is 5.75 Å². The molecule has 0 radical (unpaired) electrons. The molecular formula is C17H24ClN3O3. The van der Waals surface area contributed by atoms with Gasteiger partial charge in [0.05, 0.1) is 12.1 Å². The van der Waals surface area contributed by atoms with Crippen molar-refractivity contribution >= 4 is 23.4 Å². The van der Waals surface area contributed by atoms with Crippen LogP contribution in [-0.2, 0) is 4.79 Å². The van der Waals surface area contributed by atoms with E-state index in [4.69, 9.17) is 11.6 Å². The normalized spacial score (nSPS) is 15.4. The first-order valence-electron chi connectivity index (χ1n) is 8.24. The smallest absolute Gasteiger partial charge is 0.257 e. The van der Waals surface area contributed by atoms with E-state index in [2.05, 4.69) is 4.90 Å². The third-order valence-corrected chi connectivity index (χ3v) is 4.56. The lowest BCUT2D eigenvalue weighted by molar-refractivity contribution is -0.132. The van der Waals surface area contributed by atoms with Crippen LogP contribution < -0.4 is 0 Å². The number of amides is 2. The van der Waals surface area contributed by atoms with Gasteiger partial charge in [-0.3, -0.25) is 14.5 Å². The van der Waals surface area contributed by atoms with Crippen LogP contribution in [0.2, 0.25) is 5.02 Å². The first-order valence-corrected chi connectivity index (χ1v) is 8.62. The lowest BCUT2D eigenvalue weighted by atomic mass is 10.1. The number of rotatable bonds is 5. The van der Waals surface area contributed by atoms with Crippen LogP contribution in [0.5, 0.6) is 5.75 Å². The summed E-state index contributed by atoms with van der Waals surface area (Å²) in [5, 5.41) is 10.3. The number of carbonyl (C=O) groups is 2. The molecule has 2 rings (SSSR count). The second-order valence-electron chi connectivity index (χ2n) is 5.80. The van der Waals surface area contributed by atoms with Crippen LogP contribution in [0.1, 0.15) is 24.2 Å². The maximum atomic E-state index is 12.5. The molecule has 7 heteroatoms. The van der Waals surface area contributed by atoms with Crippen molar-refractivity contribution in [3.63, 3.8) is 0 Å². The van der Waals surface area contributed by atoms with Gasteiger partial charge < -0.3 is 14.9 Å². The maximum absolute atomic E-state index is 12.5. The molecule has 1 aromatic carbocycles. The third-order valence-electron chi connectivity index (χ3n) is 4.32. The summed E-state index contributed by atoms with van der Waals surface area (Å²) in [6.45, 7) is 8.06. The molecule has 0 unspecified atom stereocenters. The lowest BCUT2D eigenvalue weighted by Crippen LogP contribution is -2.51. The summed E-state index contributed by atoms with van der Waals surface area (Å²) < 4.78 is 0. The third kappa shape index (κ3) is 4.39. The summed E-state index contributed by atoms with van der Waals surface area (Å²) in [5.74, 6) is -0.180. The van der Waals surface area contributed by atoms with Crippen LogP contribution in [0, 0.1) is 0 Å². The summed E-state index contributed by atoms with van der Waals surface area (Å²) >= 11 is 5.91. The van der Waals surface area contributed by atoms with Crippen LogP contribution >= 0.6 is 11.6 Å². The lowest BCUT2D eigenvalue weighted by Gasteiger charge is -2.35. The van der Waals surface area contributed by atoms with E-state index < -0.39 is 0 Å². The van der Waals surface area contributed by atoms with Gasteiger partial charge in [-0.1, -0.05) is 11.6 Å². The number of phenolic OH excluding ortho intramolecular Hbond substituents is 1. The molecule has 1 aliphatic heterocycles. The minimum absolute atomic E-state index is 0.0662. The van der Waals surface area contributed by atoms with Crippen LogP contribution in [0.25, 0.3) is 0 Å². The van der Waals surface area contributed by atoms with Crippen molar-refractivity contribution in [1.82, 2.24) is 14.7 Å². The zero-order valence-electron chi connectivity index (χ0n) is 14.2. The zero-order valence-corrected chi connectivity index (χ0v) is 14.9. The van der Waals surface area contributed by atoms with Crippen molar-refractivity contribution in [2.75, 3.05) is 45.8 Å². The minimum atomic E-state index is -0.232. The number of halogens is 1. The van der Waals surface area contributed by atoms with E-state index >= 15 is 0 Å². The fourth-order valence-electron chi connectivity index (χ4n) is 2.83. The Labute approximate surface area is 147 Å². The van der Waals surface area contributed by atoms with Crippen molar-refractivity contribution in [2.45, 2.75) is 13.8 Å². The Balaban J connectivity index is 1.91. The highest BCUT2D eigenvalue weighted by Crippen LogP contribution is 2.23. The fraction of sp³-hybridized carbons (Fsp3) is 0.529. The highest BCUT2D eigenvalue weighted by molar-refractivity contribution is 6.31. The summed E-state index contributed by atoms with van der Waals surface area (Å²) in [5.41, 5.74) is 0.218. The van der Waals surface area contributed by atoms with Gasteiger partial charge in [-0.2, -0.15) is 0 Å². The zero-order chi connectivity index (χ0) is 17.7. The molecule has 1 saturated heterocycles. The predicted octanol–water partition coefficient (Wildman–Crippen LogP) is 1.67. The summed E-state index contributed by atoms with van der Waals surface area (Å²) in [7, 11) is 0. The van der Waals surface area contributed by atoms with Crippen LogP contribution in [0.4, 0.5) is 0 Å². The van der Waals surface area contributed by atoms with Crippen molar-refractivity contribution in [1.29, 1.82) is 0 Å². The molecule has 0 aromatic heterocycles. The molecule has 1 aromatic rings. The van der Waals surface area contributed by atoms with Gasteiger partial charge in [-0.05, 0) is 32.0 Å². The van der Waals surface area contributed by atoms with E-state index in [0.717, 1.165) is 0 Å². The van der Waals surface area contributed by atoms with Crippen molar-refractivity contribution in [2.24, 2.45) is 0 Å².